The highest BCUT2D eigenvalue weighted by molar-refractivity contribution is 6.30. The molecule has 0 radical (unpaired) electrons. The Balaban J connectivity index is 1.45. The highest BCUT2D eigenvalue weighted by Crippen LogP contribution is 2.31. The number of hydrogen-bond donors (Lipinski definition) is 0. The van der Waals surface area contributed by atoms with Crippen LogP contribution in [-0.4, -0.2) is 33.9 Å². The Kier molecular flexibility index (Phi) is 4.34. The van der Waals surface area contributed by atoms with Crippen LogP contribution in [0, 0.1) is 6.92 Å². The zero-order chi connectivity index (χ0) is 17.4. The standard InChI is InChI=1S/C19H21ClN4O/c1-13-21-17-12-24(11-16(17)19(22-13)23-8-3-9-23)18(25)7-6-14-4-2-5-15(20)10-14/h2,4-5,10H,3,6-9,11-12H2,1H3. The molecule has 0 bridgehead atoms. The maximum absolute atomic E-state index is 12.7. The lowest BCUT2D eigenvalue weighted by atomic mass is 10.1. The molecule has 6 heteroatoms. The van der Waals surface area contributed by atoms with E-state index in [1.807, 2.05) is 36.1 Å². The Morgan fingerprint density at radius 3 is 2.80 bits per heavy atom. The normalized spacial score (nSPS) is 15.9. The number of aryl methyl sites for hydroxylation is 2. The Hall–Kier alpha value is -2.14. The van der Waals surface area contributed by atoms with Gasteiger partial charge in [-0.25, -0.2) is 9.97 Å². The zero-order valence-corrected chi connectivity index (χ0v) is 15.1. The molecule has 0 spiro atoms. The quantitative estimate of drug-likeness (QED) is 0.844. The van der Waals surface area contributed by atoms with Crippen molar-refractivity contribution in [1.82, 2.24) is 14.9 Å². The van der Waals surface area contributed by atoms with E-state index in [-0.39, 0.29) is 5.91 Å². The first-order valence-electron chi connectivity index (χ1n) is 8.74. The van der Waals surface area contributed by atoms with E-state index in [9.17, 15) is 4.79 Å². The maximum atomic E-state index is 12.7. The fourth-order valence-electron chi connectivity index (χ4n) is 3.43. The predicted molar refractivity (Wildman–Crippen MR) is 97.6 cm³/mol. The molecule has 1 aromatic heterocycles. The van der Waals surface area contributed by atoms with Crippen molar-refractivity contribution in [2.75, 3.05) is 18.0 Å². The smallest absolute Gasteiger partial charge is 0.223 e. The number of rotatable bonds is 4. The molecule has 5 nitrogen and oxygen atoms in total. The molecule has 0 aliphatic carbocycles. The van der Waals surface area contributed by atoms with E-state index in [0.29, 0.717) is 31.0 Å². The van der Waals surface area contributed by atoms with E-state index < -0.39 is 0 Å². The van der Waals surface area contributed by atoms with Gasteiger partial charge in [0.25, 0.3) is 0 Å². The SMILES string of the molecule is Cc1nc2c(c(N3CCC3)n1)CN(C(=O)CCc1cccc(Cl)c1)C2. The summed E-state index contributed by atoms with van der Waals surface area (Å²) >= 11 is 6.01. The monoisotopic (exact) mass is 356 g/mol. The lowest BCUT2D eigenvalue weighted by molar-refractivity contribution is -0.131. The minimum Gasteiger partial charge on any atom is -0.356 e. The van der Waals surface area contributed by atoms with E-state index in [0.717, 1.165) is 41.6 Å². The topological polar surface area (TPSA) is 49.3 Å². The van der Waals surface area contributed by atoms with Crippen LogP contribution >= 0.6 is 11.6 Å². The van der Waals surface area contributed by atoms with Crippen LogP contribution in [0.3, 0.4) is 0 Å². The molecule has 2 aliphatic rings. The number of fused-ring (bicyclic) bond motifs is 1. The molecule has 1 amide bonds. The summed E-state index contributed by atoms with van der Waals surface area (Å²) in [5.41, 5.74) is 3.22. The van der Waals surface area contributed by atoms with Crippen molar-refractivity contribution < 1.29 is 4.79 Å². The Morgan fingerprint density at radius 1 is 1.24 bits per heavy atom. The summed E-state index contributed by atoms with van der Waals surface area (Å²) in [4.78, 5) is 26.0. The maximum Gasteiger partial charge on any atom is 0.223 e. The van der Waals surface area contributed by atoms with Crippen molar-refractivity contribution in [3.8, 4) is 0 Å². The number of anilines is 1. The van der Waals surface area contributed by atoms with Crippen LogP contribution in [0.25, 0.3) is 0 Å². The molecule has 0 saturated carbocycles. The number of nitrogens with zero attached hydrogens (tertiary/aromatic N) is 4. The number of carbonyl (C=O) groups is 1. The lowest BCUT2D eigenvalue weighted by Crippen LogP contribution is -2.38. The summed E-state index contributed by atoms with van der Waals surface area (Å²) in [6, 6.07) is 7.70. The van der Waals surface area contributed by atoms with E-state index >= 15 is 0 Å². The molecule has 3 heterocycles. The molecule has 1 fully saturated rings. The second-order valence-corrected chi connectivity index (χ2v) is 7.18. The molecule has 2 aliphatic heterocycles. The summed E-state index contributed by atoms with van der Waals surface area (Å²) in [7, 11) is 0. The van der Waals surface area contributed by atoms with Crippen LogP contribution in [0.2, 0.25) is 5.02 Å². The van der Waals surface area contributed by atoms with Crippen molar-refractivity contribution in [3.05, 3.63) is 51.9 Å². The molecule has 2 aromatic rings. The molecule has 1 aromatic carbocycles. The van der Waals surface area contributed by atoms with Crippen molar-refractivity contribution in [3.63, 3.8) is 0 Å². The van der Waals surface area contributed by atoms with Crippen molar-refractivity contribution in [1.29, 1.82) is 0 Å². The highest BCUT2D eigenvalue weighted by Gasteiger charge is 2.30. The highest BCUT2D eigenvalue weighted by atomic mass is 35.5. The lowest BCUT2D eigenvalue weighted by Gasteiger charge is -2.33. The average molecular weight is 357 g/mol. The van der Waals surface area contributed by atoms with Crippen LogP contribution in [0.5, 0.6) is 0 Å². The fourth-order valence-corrected chi connectivity index (χ4v) is 3.64. The molecule has 0 N–H and O–H groups in total. The van der Waals surface area contributed by atoms with Gasteiger partial charge < -0.3 is 9.80 Å². The van der Waals surface area contributed by atoms with Gasteiger partial charge in [0.05, 0.1) is 18.8 Å². The van der Waals surface area contributed by atoms with Gasteiger partial charge >= 0.3 is 0 Å². The first-order valence-corrected chi connectivity index (χ1v) is 9.11. The molecular weight excluding hydrogens is 336 g/mol. The largest absolute Gasteiger partial charge is 0.356 e. The summed E-state index contributed by atoms with van der Waals surface area (Å²) in [6.07, 6.45) is 2.40. The number of hydrogen-bond acceptors (Lipinski definition) is 4. The van der Waals surface area contributed by atoms with Crippen LogP contribution in [0.4, 0.5) is 5.82 Å². The van der Waals surface area contributed by atoms with Gasteiger partial charge in [-0.05, 0) is 37.5 Å². The molecule has 130 valence electrons. The van der Waals surface area contributed by atoms with Gasteiger partial charge in [-0.1, -0.05) is 23.7 Å². The predicted octanol–water partition coefficient (Wildman–Crippen LogP) is 3.12. The van der Waals surface area contributed by atoms with Crippen molar-refractivity contribution in [2.45, 2.75) is 39.3 Å². The second kappa shape index (κ2) is 6.64. The number of carbonyl (C=O) groups excluding carboxylic acids is 1. The summed E-state index contributed by atoms with van der Waals surface area (Å²) in [5.74, 6) is 1.97. The third-order valence-electron chi connectivity index (χ3n) is 4.90. The van der Waals surface area contributed by atoms with Gasteiger partial charge in [-0.15, -0.1) is 0 Å². The van der Waals surface area contributed by atoms with Gasteiger partial charge in [-0.2, -0.15) is 0 Å². The molecular formula is C19H21ClN4O. The Labute approximate surface area is 152 Å². The summed E-state index contributed by atoms with van der Waals surface area (Å²) < 4.78 is 0. The minimum atomic E-state index is 0.158. The summed E-state index contributed by atoms with van der Waals surface area (Å²) in [6.45, 7) is 5.23. The third kappa shape index (κ3) is 3.33. The Bertz CT molecular complexity index is 819. The Morgan fingerprint density at radius 2 is 2.08 bits per heavy atom. The number of aromatic nitrogens is 2. The van der Waals surface area contributed by atoms with Crippen LogP contribution in [0.15, 0.2) is 24.3 Å². The second-order valence-electron chi connectivity index (χ2n) is 6.74. The van der Waals surface area contributed by atoms with Gasteiger partial charge in [0, 0.05) is 30.1 Å². The molecule has 25 heavy (non-hydrogen) atoms. The van der Waals surface area contributed by atoms with Crippen LogP contribution < -0.4 is 4.90 Å². The molecule has 4 rings (SSSR count). The van der Waals surface area contributed by atoms with Gasteiger partial charge in [0.1, 0.15) is 11.6 Å². The zero-order valence-electron chi connectivity index (χ0n) is 14.3. The first kappa shape index (κ1) is 16.3. The fraction of sp³-hybridized carbons (Fsp3) is 0.421. The van der Waals surface area contributed by atoms with E-state index in [1.54, 1.807) is 0 Å². The molecule has 1 saturated heterocycles. The van der Waals surface area contributed by atoms with E-state index in [2.05, 4.69) is 14.9 Å². The number of benzene rings is 1. The number of halogens is 1. The van der Waals surface area contributed by atoms with E-state index in [4.69, 9.17) is 11.6 Å². The summed E-state index contributed by atoms with van der Waals surface area (Å²) in [5, 5.41) is 0.712. The van der Waals surface area contributed by atoms with Crippen LogP contribution in [0.1, 0.15) is 35.5 Å². The van der Waals surface area contributed by atoms with E-state index in [1.165, 1.54) is 6.42 Å². The average Bonchev–Trinajstić information content (AvgIpc) is 2.95. The molecule has 0 atom stereocenters. The van der Waals surface area contributed by atoms with Crippen molar-refractivity contribution in [2.24, 2.45) is 0 Å². The van der Waals surface area contributed by atoms with Crippen LogP contribution in [-0.2, 0) is 24.3 Å². The van der Waals surface area contributed by atoms with Gasteiger partial charge in [0.2, 0.25) is 5.91 Å². The minimum absolute atomic E-state index is 0.158. The third-order valence-corrected chi connectivity index (χ3v) is 5.13. The first-order chi connectivity index (χ1) is 12.1. The molecule has 0 unspecified atom stereocenters. The van der Waals surface area contributed by atoms with Crippen molar-refractivity contribution >= 4 is 23.3 Å². The van der Waals surface area contributed by atoms with Gasteiger partial charge in [-0.3, -0.25) is 4.79 Å². The number of amides is 1. The van der Waals surface area contributed by atoms with Gasteiger partial charge in [0.15, 0.2) is 0 Å².